The molecule has 1 aromatic carbocycles. The molecule has 2 aromatic rings. The molecule has 0 fully saturated rings. The molecule has 12 nitrogen and oxygen atoms in total. The van der Waals surface area contributed by atoms with Gasteiger partial charge >= 0.3 is 5.97 Å². The van der Waals surface area contributed by atoms with E-state index >= 15 is 0 Å². The molecule has 0 bridgehead atoms. The number of benzene rings is 1. The quantitative estimate of drug-likeness (QED) is 0.603. The molecule has 0 saturated carbocycles. The van der Waals surface area contributed by atoms with Crippen molar-refractivity contribution in [3.8, 4) is 0 Å². The highest BCUT2D eigenvalue weighted by Crippen LogP contribution is 2.32. The summed E-state index contributed by atoms with van der Waals surface area (Å²) in [6.45, 7) is 1.21. The van der Waals surface area contributed by atoms with Crippen LogP contribution in [0.4, 0.5) is 17.1 Å². The van der Waals surface area contributed by atoms with Gasteiger partial charge in [0.25, 0.3) is 17.3 Å². The smallest absolute Gasteiger partial charge is 0.354 e. The Bertz CT molecular complexity index is 882. The number of amides is 1. The van der Waals surface area contributed by atoms with E-state index in [0.717, 1.165) is 23.0 Å². The summed E-state index contributed by atoms with van der Waals surface area (Å²) in [6, 6.07) is 1.91. The number of carbonyl (C=O) groups excluding carboxylic acids is 1. The first kappa shape index (κ1) is 17.5. The van der Waals surface area contributed by atoms with Gasteiger partial charge in [0.1, 0.15) is 5.56 Å². The van der Waals surface area contributed by atoms with Crippen molar-refractivity contribution in [1.82, 2.24) is 9.78 Å². The predicted molar refractivity (Wildman–Crippen MR) is 82.6 cm³/mol. The lowest BCUT2D eigenvalue weighted by Gasteiger charge is -2.07. The third-order valence-electron chi connectivity index (χ3n) is 3.39. The van der Waals surface area contributed by atoms with Gasteiger partial charge in [-0.1, -0.05) is 0 Å². The molecule has 1 amide bonds. The van der Waals surface area contributed by atoms with Crippen molar-refractivity contribution in [3.05, 3.63) is 55.4 Å². The largest absolute Gasteiger partial charge is 0.477 e. The van der Waals surface area contributed by atoms with Crippen LogP contribution in [-0.4, -0.2) is 36.6 Å². The minimum absolute atomic E-state index is 0.166. The van der Waals surface area contributed by atoms with E-state index < -0.39 is 38.8 Å². The molecule has 0 aliphatic heterocycles. The number of carbonyl (C=O) groups is 2. The van der Waals surface area contributed by atoms with Gasteiger partial charge in [0.2, 0.25) is 0 Å². The van der Waals surface area contributed by atoms with E-state index in [2.05, 4.69) is 10.4 Å². The first-order valence-corrected chi connectivity index (χ1v) is 6.63. The molecule has 0 radical (unpaired) electrons. The number of carboxylic acids is 1. The Morgan fingerprint density at radius 3 is 2.16 bits per heavy atom. The molecule has 0 atom stereocenters. The van der Waals surface area contributed by atoms with Crippen LogP contribution in [0.1, 0.15) is 26.4 Å². The van der Waals surface area contributed by atoms with E-state index in [-0.39, 0.29) is 16.8 Å². The van der Waals surface area contributed by atoms with Crippen molar-refractivity contribution in [3.63, 3.8) is 0 Å². The van der Waals surface area contributed by atoms with Gasteiger partial charge in [-0.15, -0.1) is 0 Å². The molecule has 0 aliphatic carbocycles. The highest BCUT2D eigenvalue weighted by atomic mass is 16.6. The lowest BCUT2D eigenvalue weighted by atomic mass is 10.1. The molecule has 2 N–H and O–H groups in total. The highest BCUT2D eigenvalue weighted by molar-refractivity contribution is 6.10. The fourth-order valence-corrected chi connectivity index (χ4v) is 2.19. The topological polar surface area (TPSA) is 170 Å². The average molecular weight is 349 g/mol. The molecule has 2 rings (SSSR count). The molecule has 0 saturated heterocycles. The molecule has 1 aromatic heterocycles. The Morgan fingerprint density at radius 1 is 1.20 bits per heavy atom. The van der Waals surface area contributed by atoms with Crippen LogP contribution in [0.15, 0.2) is 18.3 Å². The van der Waals surface area contributed by atoms with Crippen molar-refractivity contribution >= 4 is 28.9 Å². The summed E-state index contributed by atoms with van der Waals surface area (Å²) in [7, 11) is 1.32. The number of aromatic carboxylic acids is 1. The van der Waals surface area contributed by atoms with Gasteiger partial charge < -0.3 is 10.4 Å². The Hall–Kier alpha value is -3.83. The summed E-state index contributed by atoms with van der Waals surface area (Å²) >= 11 is 0. The van der Waals surface area contributed by atoms with E-state index in [1.807, 2.05) is 0 Å². The Labute approximate surface area is 139 Å². The summed E-state index contributed by atoms with van der Waals surface area (Å²) in [5, 5.41) is 37.0. The fraction of sp³-hybridized carbons (Fsp3) is 0.154. The van der Waals surface area contributed by atoms with Gasteiger partial charge in [-0.3, -0.25) is 29.7 Å². The first-order valence-electron chi connectivity index (χ1n) is 6.63. The molecule has 0 aliphatic rings. The number of hydrogen-bond donors (Lipinski definition) is 2. The zero-order valence-electron chi connectivity index (χ0n) is 12.9. The van der Waals surface area contributed by atoms with Crippen molar-refractivity contribution < 1.29 is 24.5 Å². The van der Waals surface area contributed by atoms with E-state index in [1.165, 1.54) is 14.0 Å². The standard InChI is InChI=1S/C13H11N5O7/c1-6-9(17(22)23)3-7(4-10(6)18(24)25)15-12(19)8-5-14-16(2)11(8)13(20)21/h3-5H,1-2H3,(H,15,19)(H,20,21). The van der Waals surface area contributed by atoms with Crippen molar-refractivity contribution in [2.24, 2.45) is 7.05 Å². The second kappa shape index (κ2) is 6.35. The number of hydrogen-bond acceptors (Lipinski definition) is 7. The highest BCUT2D eigenvalue weighted by Gasteiger charge is 2.26. The maximum absolute atomic E-state index is 12.2. The number of carboxylic acid groups (broad SMARTS) is 1. The maximum Gasteiger partial charge on any atom is 0.354 e. The van der Waals surface area contributed by atoms with Crippen LogP contribution in [-0.2, 0) is 7.05 Å². The third kappa shape index (κ3) is 3.26. The van der Waals surface area contributed by atoms with Crippen molar-refractivity contribution in [1.29, 1.82) is 0 Å². The molecule has 0 unspecified atom stereocenters. The fourth-order valence-electron chi connectivity index (χ4n) is 2.19. The lowest BCUT2D eigenvalue weighted by Crippen LogP contribution is -2.17. The zero-order chi connectivity index (χ0) is 18.9. The molecular weight excluding hydrogens is 338 g/mol. The second-order valence-electron chi connectivity index (χ2n) is 4.94. The second-order valence-corrected chi connectivity index (χ2v) is 4.94. The normalized spacial score (nSPS) is 10.3. The van der Waals surface area contributed by atoms with E-state index in [9.17, 15) is 29.8 Å². The van der Waals surface area contributed by atoms with Crippen LogP contribution >= 0.6 is 0 Å². The predicted octanol–water partition coefficient (Wildman–Crippen LogP) is 1.50. The maximum atomic E-state index is 12.2. The van der Waals surface area contributed by atoms with E-state index in [1.54, 1.807) is 0 Å². The number of nitro groups is 2. The van der Waals surface area contributed by atoms with Gasteiger partial charge in [-0.2, -0.15) is 5.10 Å². The Morgan fingerprint density at radius 2 is 1.72 bits per heavy atom. The zero-order valence-corrected chi connectivity index (χ0v) is 12.9. The van der Waals surface area contributed by atoms with Crippen LogP contribution < -0.4 is 5.32 Å². The first-order chi connectivity index (χ1) is 11.6. The van der Waals surface area contributed by atoms with Gasteiger partial charge in [0.05, 0.1) is 27.3 Å². The third-order valence-corrected chi connectivity index (χ3v) is 3.39. The minimum atomic E-state index is -1.40. The summed E-state index contributed by atoms with van der Waals surface area (Å²) in [4.78, 5) is 43.8. The van der Waals surface area contributed by atoms with Gasteiger partial charge in [0, 0.05) is 19.2 Å². The monoisotopic (exact) mass is 349 g/mol. The molecule has 12 heteroatoms. The number of nitro benzene ring substituents is 2. The van der Waals surface area contributed by atoms with Crippen LogP contribution in [0.2, 0.25) is 0 Å². The van der Waals surface area contributed by atoms with Crippen molar-refractivity contribution in [2.75, 3.05) is 5.32 Å². The van der Waals surface area contributed by atoms with Crippen LogP contribution in [0.5, 0.6) is 0 Å². The Balaban J connectivity index is 2.47. The molecular formula is C13H11N5O7. The van der Waals surface area contributed by atoms with Crippen LogP contribution in [0.3, 0.4) is 0 Å². The Kier molecular flexibility index (Phi) is 4.45. The van der Waals surface area contributed by atoms with Crippen LogP contribution in [0.25, 0.3) is 0 Å². The molecule has 130 valence electrons. The van der Waals surface area contributed by atoms with Gasteiger partial charge in [0.15, 0.2) is 5.69 Å². The van der Waals surface area contributed by atoms with E-state index in [4.69, 9.17) is 5.11 Å². The summed E-state index contributed by atoms with van der Waals surface area (Å²) in [6.07, 6.45) is 1.01. The number of rotatable bonds is 5. The minimum Gasteiger partial charge on any atom is -0.477 e. The van der Waals surface area contributed by atoms with Gasteiger partial charge in [-0.05, 0) is 6.92 Å². The number of aromatic nitrogens is 2. The number of nitrogens with zero attached hydrogens (tertiary/aromatic N) is 4. The molecule has 0 spiro atoms. The lowest BCUT2D eigenvalue weighted by molar-refractivity contribution is -0.395. The van der Waals surface area contributed by atoms with Crippen LogP contribution in [0, 0.1) is 27.2 Å². The SMILES string of the molecule is Cc1c([N+](=O)[O-])cc(NC(=O)c2cnn(C)c2C(=O)O)cc1[N+](=O)[O-]. The van der Waals surface area contributed by atoms with Gasteiger partial charge in [-0.25, -0.2) is 4.79 Å². The number of nitrogens with one attached hydrogen (secondary N) is 1. The summed E-state index contributed by atoms with van der Waals surface area (Å²) < 4.78 is 0.970. The number of anilines is 1. The number of aryl methyl sites for hydroxylation is 1. The van der Waals surface area contributed by atoms with Crippen molar-refractivity contribution in [2.45, 2.75) is 6.92 Å². The summed E-state index contributed by atoms with van der Waals surface area (Å²) in [5.74, 6) is -2.32. The average Bonchev–Trinajstić information content (AvgIpc) is 2.90. The molecule has 1 heterocycles. The molecule has 25 heavy (non-hydrogen) atoms. The summed E-state index contributed by atoms with van der Waals surface area (Å²) in [5.41, 5.74) is -2.16. The van der Waals surface area contributed by atoms with E-state index in [0.29, 0.717) is 0 Å².